The molecule has 0 aliphatic heterocycles. The molecule has 0 aliphatic carbocycles. The molecule has 0 radical (unpaired) electrons. The van der Waals surface area contributed by atoms with E-state index in [9.17, 15) is 9.59 Å². The first-order valence-electron chi connectivity index (χ1n) is 9.21. The fourth-order valence-electron chi connectivity index (χ4n) is 2.75. The van der Waals surface area contributed by atoms with Crippen LogP contribution in [-0.4, -0.2) is 11.8 Å². The molecule has 142 valence electrons. The number of hydrogen-bond acceptors (Lipinski definition) is 2. The number of nitrogens with one attached hydrogen (secondary N) is 2. The summed E-state index contributed by atoms with van der Waals surface area (Å²) >= 11 is 0. The maximum Gasteiger partial charge on any atom is 0.255 e. The van der Waals surface area contributed by atoms with Crippen molar-refractivity contribution in [3.8, 4) is 0 Å². The lowest BCUT2D eigenvalue weighted by Crippen LogP contribution is -2.15. The maximum absolute atomic E-state index is 12.4. The van der Waals surface area contributed by atoms with E-state index in [0.717, 1.165) is 5.69 Å². The lowest BCUT2D eigenvalue weighted by molar-refractivity contribution is 0.102. The zero-order valence-electron chi connectivity index (χ0n) is 16.3. The molecule has 0 spiro atoms. The summed E-state index contributed by atoms with van der Waals surface area (Å²) < 4.78 is 0. The van der Waals surface area contributed by atoms with E-state index in [1.165, 1.54) is 5.56 Å². The molecule has 2 amide bonds. The van der Waals surface area contributed by atoms with Gasteiger partial charge in [0.25, 0.3) is 11.8 Å². The van der Waals surface area contributed by atoms with Crippen LogP contribution in [0, 0.1) is 0 Å². The zero-order chi connectivity index (χ0) is 20.1. The Hall–Kier alpha value is -3.40. The summed E-state index contributed by atoms with van der Waals surface area (Å²) in [6, 6.07) is 23.7. The SMILES string of the molecule is CC(C)(C)c1ccc(C(=O)Nc2ccc(C(=O)Nc3ccccc3)cc2)cc1. The summed E-state index contributed by atoms with van der Waals surface area (Å²) in [6.45, 7) is 6.41. The summed E-state index contributed by atoms with van der Waals surface area (Å²) in [5, 5.41) is 5.70. The number of carbonyl (C=O) groups is 2. The fraction of sp³-hybridized carbons (Fsp3) is 0.167. The average Bonchev–Trinajstić information content (AvgIpc) is 2.68. The molecule has 3 rings (SSSR count). The molecule has 0 aliphatic rings. The Morgan fingerprint density at radius 1 is 0.607 bits per heavy atom. The van der Waals surface area contributed by atoms with E-state index < -0.39 is 0 Å². The monoisotopic (exact) mass is 372 g/mol. The number of rotatable bonds is 4. The third-order valence-electron chi connectivity index (χ3n) is 4.45. The third kappa shape index (κ3) is 4.86. The van der Waals surface area contributed by atoms with Crippen molar-refractivity contribution in [3.63, 3.8) is 0 Å². The van der Waals surface area contributed by atoms with E-state index in [2.05, 4.69) is 31.4 Å². The molecule has 0 heterocycles. The standard InChI is InChI=1S/C24H24N2O2/c1-24(2,3)19-13-9-17(10-14-19)22(27)26-21-15-11-18(12-16-21)23(28)25-20-7-5-4-6-8-20/h4-16H,1-3H3,(H,25,28)(H,26,27). The molecule has 4 nitrogen and oxygen atoms in total. The molecule has 0 saturated carbocycles. The first-order valence-corrected chi connectivity index (χ1v) is 9.21. The van der Waals surface area contributed by atoms with E-state index in [0.29, 0.717) is 16.8 Å². The number of anilines is 2. The van der Waals surface area contributed by atoms with Crippen LogP contribution in [0.25, 0.3) is 0 Å². The molecule has 3 aromatic rings. The Kier molecular flexibility index (Phi) is 5.59. The van der Waals surface area contributed by atoms with Gasteiger partial charge in [-0.2, -0.15) is 0 Å². The Labute approximate surface area is 165 Å². The number of benzene rings is 3. The first kappa shape index (κ1) is 19.4. The molecule has 0 aromatic heterocycles. The lowest BCUT2D eigenvalue weighted by atomic mass is 9.87. The minimum Gasteiger partial charge on any atom is -0.322 e. The predicted octanol–water partition coefficient (Wildman–Crippen LogP) is 5.49. The van der Waals surface area contributed by atoms with Gasteiger partial charge in [0.15, 0.2) is 0 Å². The van der Waals surface area contributed by atoms with Gasteiger partial charge in [-0.05, 0) is 59.5 Å². The van der Waals surface area contributed by atoms with Gasteiger partial charge in [0.05, 0.1) is 0 Å². The van der Waals surface area contributed by atoms with Gasteiger partial charge in [0.1, 0.15) is 0 Å². The molecule has 28 heavy (non-hydrogen) atoms. The van der Waals surface area contributed by atoms with Crippen LogP contribution in [0.1, 0.15) is 47.1 Å². The normalized spacial score (nSPS) is 11.0. The van der Waals surface area contributed by atoms with Gasteiger partial charge in [0.2, 0.25) is 0 Å². The summed E-state index contributed by atoms with van der Waals surface area (Å²) in [5.41, 5.74) is 3.73. The van der Waals surface area contributed by atoms with E-state index in [1.807, 2.05) is 54.6 Å². The fourth-order valence-corrected chi connectivity index (χ4v) is 2.75. The highest BCUT2D eigenvalue weighted by Crippen LogP contribution is 2.22. The third-order valence-corrected chi connectivity index (χ3v) is 4.45. The highest BCUT2D eigenvalue weighted by molar-refractivity contribution is 6.06. The molecule has 0 unspecified atom stereocenters. The Bertz CT molecular complexity index is 954. The molecular weight excluding hydrogens is 348 g/mol. The number of carbonyl (C=O) groups excluding carboxylic acids is 2. The minimum absolute atomic E-state index is 0.0468. The van der Waals surface area contributed by atoms with Gasteiger partial charge in [-0.25, -0.2) is 0 Å². The average molecular weight is 372 g/mol. The van der Waals surface area contributed by atoms with Gasteiger partial charge < -0.3 is 10.6 Å². The van der Waals surface area contributed by atoms with Crippen molar-refractivity contribution in [1.82, 2.24) is 0 Å². The highest BCUT2D eigenvalue weighted by Gasteiger charge is 2.14. The van der Waals surface area contributed by atoms with Crippen LogP contribution in [0.3, 0.4) is 0 Å². The molecule has 0 saturated heterocycles. The maximum atomic E-state index is 12.4. The van der Waals surface area contributed by atoms with Crippen molar-refractivity contribution in [1.29, 1.82) is 0 Å². The molecular formula is C24H24N2O2. The predicted molar refractivity (Wildman–Crippen MR) is 114 cm³/mol. The van der Waals surface area contributed by atoms with Crippen LogP contribution in [0.2, 0.25) is 0 Å². The van der Waals surface area contributed by atoms with Crippen LogP contribution in [0.15, 0.2) is 78.9 Å². The smallest absolute Gasteiger partial charge is 0.255 e. The Morgan fingerprint density at radius 3 is 1.50 bits per heavy atom. The van der Waals surface area contributed by atoms with Crippen molar-refractivity contribution >= 4 is 23.2 Å². The first-order chi connectivity index (χ1) is 13.3. The summed E-state index contributed by atoms with van der Waals surface area (Å²) in [5.74, 6) is -0.371. The molecule has 3 aromatic carbocycles. The van der Waals surface area contributed by atoms with E-state index in [-0.39, 0.29) is 17.2 Å². The topological polar surface area (TPSA) is 58.2 Å². The molecule has 0 atom stereocenters. The number of hydrogen-bond donors (Lipinski definition) is 2. The van der Waals surface area contributed by atoms with Crippen LogP contribution in [-0.2, 0) is 5.41 Å². The van der Waals surface area contributed by atoms with Crippen LogP contribution in [0.5, 0.6) is 0 Å². The highest BCUT2D eigenvalue weighted by atomic mass is 16.2. The van der Waals surface area contributed by atoms with Gasteiger partial charge in [-0.3, -0.25) is 9.59 Å². The number of amides is 2. The lowest BCUT2D eigenvalue weighted by Gasteiger charge is -2.19. The molecule has 0 fully saturated rings. The van der Waals surface area contributed by atoms with Crippen LogP contribution >= 0.6 is 0 Å². The largest absolute Gasteiger partial charge is 0.322 e. The van der Waals surface area contributed by atoms with Gasteiger partial charge >= 0.3 is 0 Å². The van der Waals surface area contributed by atoms with E-state index in [1.54, 1.807) is 24.3 Å². The second-order valence-corrected chi connectivity index (χ2v) is 7.68. The van der Waals surface area contributed by atoms with E-state index >= 15 is 0 Å². The summed E-state index contributed by atoms with van der Waals surface area (Å²) in [4.78, 5) is 24.7. The number of para-hydroxylation sites is 1. The van der Waals surface area contributed by atoms with Crippen molar-refractivity contribution < 1.29 is 9.59 Å². The van der Waals surface area contributed by atoms with Crippen molar-refractivity contribution in [2.24, 2.45) is 0 Å². The van der Waals surface area contributed by atoms with Gasteiger partial charge in [-0.1, -0.05) is 51.1 Å². The zero-order valence-corrected chi connectivity index (χ0v) is 16.3. The second kappa shape index (κ2) is 8.09. The van der Waals surface area contributed by atoms with Crippen molar-refractivity contribution in [2.75, 3.05) is 10.6 Å². The van der Waals surface area contributed by atoms with Crippen molar-refractivity contribution in [2.45, 2.75) is 26.2 Å². The second-order valence-electron chi connectivity index (χ2n) is 7.68. The summed E-state index contributed by atoms with van der Waals surface area (Å²) in [6.07, 6.45) is 0. The molecule has 4 heteroatoms. The van der Waals surface area contributed by atoms with E-state index in [4.69, 9.17) is 0 Å². The van der Waals surface area contributed by atoms with Gasteiger partial charge in [-0.15, -0.1) is 0 Å². The molecule has 0 bridgehead atoms. The van der Waals surface area contributed by atoms with Crippen LogP contribution < -0.4 is 10.6 Å². The van der Waals surface area contributed by atoms with Gasteiger partial charge in [0, 0.05) is 22.5 Å². The van der Waals surface area contributed by atoms with Crippen LogP contribution in [0.4, 0.5) is 11.4 Å². The van der Waals surface area contributed by atoms with Crippen molar-refractivity contribution in [3.05, 3.63) is 95.6 Å². The molecule has 2 N–H and O–H groups in total. The quantitative estimate of drug-likeness (QED) is 0.636. The Morgan fingerprint density at radius 2 is 1.04 bits per heavy atom. The Balaban J connectivity index is 1.63. The minimum atomic E-state index is -0.193. The summed E-state index contributed by atoms with van der Waals surface area (Å²) in [7, 11) is 0.